The molecule has 156 valence electrons. The fourth-order valence-electron chi connectivity index (χ4n) is 3.29. The Hall–Kier alpha value is -3.34. The van der Waals surface area contributed by atoms with Gasteiger partial charge < -0.3 is 9.64 Å². The molecule has 0 radical (unpaired) electrons. The van der Waals surface area contributed by atoms with Crippen molar-refractivity contribution < 1.29 is 18.3 Å². The number of aromatic nitrogens is 2. The Morgan fingerprint density at radius 3 is 2.53 bits per heavy atom. The minimum atomic E-state index is -0.537. The van der Waals surface area contributed by atoms with Gasteiger partial charge in [0.1, 0.15) is 24.3 Å². The highest BCUT2D eigenvalue weighted by Gasteiger charge is 2.48. The van der Waals surface area contributed by atoms with Crippen LogP contribution in [0.3, 0.4) is 0 Å². The molecule has 8 heteroatoms. The van der Waals surface area contributed by atoms with Crippen molar-refractivity contribution in [2.45, 2.75) is 31.7 Å². The Labute approximate surface area is 173 Å². The maximum Gasteiger partial charge on any atom is 0.232 e. The molecule has 2 atom stereocenters. The Morgan fingerprint density at radius 2 is 2.03 bits per heavy atom. The van der Waals surface area contributed by atoms with Crippen LogP contribution in [0.4, 0.5) is 8.78 Å². The molecule has 0 spiro atoms. The fraction of sp³-hybridized carbons (Fsp3) is 0.364. The molecule has 0 N–H and O–H groups in total. The van der Waals surface area contributed by atoms with E-state index >= 15 is 0 Å². The molecule has 2 aromatic rings. The molecular weight excluding hydrogens is 390 g/mol. The molecule has 4 rings (SSSR count). The smallest absolute Gasteiger partial charge is 0.232 e. The van der Waals surface area contributed by atoms with Gasteiger partial charge in [0.25, 0.3) is 0 Å². The second-order valence-corrected chi connectivity index (χ2v) is 7.27. The van der Waals surface area contributed by atoms with E-state index in [1.165, 1.54) is 37.0 Å². The van der Waals surface area contributed by atoms with Crippen LogP contribution in [-0.4, -0.2) is 40.0 Å². The van der Waals surface area contributed by atoms with Crippen LogP contribution >= 0.6 is 0 Å². The highest BCUT2D eigenvalue weighted by molar-refractivity contribution is 5.77. The summed E-state index contributed by atoms with van der Waals surface area (Å²) in [5.74, 6) is 0.275. The molecule has 1 aromatic heterocycles. The van der Waals surface area contributed by atoms with Crippen LogP contribution < -0.4 is 4.74 Å². The number of benzene rings is 1. The van der Waals surface area contributed by atoms with E-state index in [1.807, 2.05) is 11.0 Å². The van der Waals surface area contributed by atoms with Gasteiger partial charge >= 0.3 is 0 Å². The Kier molecular flexibility index (Phi) is 7.07. The van der Waals surface area contributed by atoms with Crippen molar-refractivity contribution >= 4 is 5.91 Å². The quantitative estimate of drug-likeness (QED) is 0.677. The number of ether oxygens (including phenoxy) is 1. The summed E-state index contributed by atoms with van der Waals surface area (Å²) in [5.41, 5.74) is 1.10. The van der Waals surface area contributed by atoms with Crippen molar-refractivity contribution in [3.8, 4) is 11.9 Å². The van der Waals surface area contributed by atoms with Gasteiger partial charge in [0.05, 0.1) is 12.4 Å². The lowest BCUT2D eigenvalue weighted by Crippen LogP contribution is -2.30. The highest BCUT2D eigenvalue weighted by atomic mass is 19.1. The maximum atomic E-state index is 12.1. The lowest BCUT2D eigenvalue weighted by Gasteiger charge is -2.18. The van der Waals surface area contributed by atoms with Gasteiger partial charge in [-0.3, -0.25) is 4.79 Å². The third-order valence-corrected chi connectivity index (χ3v) is 4.99. The number of amides is 1. The van der Waals surface area contributed by atoms with E-state index in [0.717, 1.165) is 30.5 Å². The normalized spacial score (nSPS) is 18.5. The predicted molar refractivity (Wildman–Crippen MR) is 105 cm³/mol. The standard InChI is InChI=1S/C16H18N4O2.C6H4F2/c1-11(10-22-15-9-18-13(7-17)8-19-15)2-3-16(21)20-5-4-12-6-14(12)20;7-5-2-1-3-6(8)4-5/h8-9,12,14H,1-6,10H2;1-4H. The lowest BCUT2D eigenvalue weighted by atomic mass is 10.1. The molecule has 30 heavy (non-hydrogen) atoms. The molecule has 1 saturated heterocycles. The first-order chi connectivity index (χ1) is 14.5. The summed E-state index contributed by atoms with van der Waals surface area (Å²) in [7, 11) is 0. The van der Waals surface area contributed by atoms with E-state index in [2.05, 4.69) is 16.5 Å². The predicted octanol–water partition coefficient (Wildman–Crippen LogP) is 3.65. The summed E-state index contributed by atoms with van der Waals surface area (Å²) in [6.07, 6.45) is 6.24. The van der Waals surface area contributed by atoms with E-state index in [-0.39, 0.29) is 11.6 Å². The number of nitrogens with zero attached hydrogens (tertiary/aromatic N) is 4. The summed E-state index contributed by atoms with van der Waals surface area (Å²) < 4.78 is 29.3. The van der Waals surface area contributed by atoms with Gasteiger partial charge in [0.15, 0.2) is 5.69 Å². The van der Waals surface area contributed by atoms with Crippen LogP contribution in [0.1, 0.15) is 31.4 Å². The van der Waals surface area contributed by atoms with Crippen LogP contribution in [0.5, 0.6) is 5.88 Å². The second-order valence-electron chi connectivity index (χ2n) is 7.27. The molecule has 1 aliphatic carbocycles. The van der Waals surface area contributed by atoms with E-state index < -0.39 is 11.6 Å². The van der Waals surface area contributed by atoms with Crippen molar-refractivity contribution in [1.82, 2.24) is 14.9 Å². The summed E-state index contributed by atoms with van der Waals surface area (Å²) in [4.78, 5) is 22.0. The average Bonchev–Trinajstić information content (AvgIpc) is 3.40. The molecule has 1 amide bonds. The minimum Gasteiger partial charge on any atom is -0.472 e. The van der Waals surface area contributed by atoms with Crippen LogP contribution in [0, 0.1) is 28.9 Å². The van der Waals surface area contributed by atoms with E-state index in [9.17, 15) is 13.6 Å². The molecule has 2 fully saturated rings. The molecule has 1 saturated carbocycles. The van der Waals surface area contributed by atoms with Crippen LogP contribution in [0.2, 0.25) is 0 Å². The number of fused-ring (bicyclic) bond motifs is 1. The summed E-state index contributed by atoms with van der Waals surface area (Å²) >= 11 is 0. The number of carbonyl (C=O) groups excluding carboxylic acids is 1. The van der Waals surface area contributed by atoms with Crippen LogP contribution in [0.25, 0.3) is 0 Å². The zero-order valence-corrected chi connectivity index (χ0v) is 16.4. The Bertz CT molecular complexity index is 926. The summed E-state index contributed by atoms with van der Waals surface area (Å²) in [6, 6.07) is 6.97. The minimum absolute atomic E-state index is 0.226. The summed E-state index contributed by atoms with van der Waals surface area (Å²) in [6.45, 7) is 5.16. The Morgan fingerprint density at radius 1 is 1.27 bits per heavy atom. The highest BCUT2D eigenvalue weighted by Crippen LogP contribution is 2.44. The number of hydrogen-bond acceptors (Lipinski definition) is 5. The number of rotatable bonds is 6. The van der Waals surface area contributed by atoms with Crippen molar-refractivity contribution in [2.24, 2.45) is 5.92 Å². The monoisotopic (exact) mass is 412 g/mol. The second kappa shape index (κ2) is 9.92. The third kappa shape index (κ3) is 6.08. The summed E-state index contributed by atoms with van der Waals surface area (Å²) in [5, 5.41) is 8.64. The number of nitriles is 1. The number of halogens is 2. The molecule has 2 heterocycles. The number of carbonyl (C=O) groups is 1. The topological polar surface area (TPSA) is 79.1 Å². The number of likely N-dealkylation sites (tertiary alicyclic amines) is 1. The molecular formula is C22H22F2N4O2. The van der Waals surface area contributed by atoms with E-state index in [4.69, 9.17) is 10.00 Å². The first kappa shape index (κ1) is 21.4. The van der Waals surface area contributed by atoms with Crippen molar-refractivity contribution in [2.75, 3.05) is 13.2 Å². The van der Waals surface area contributed by atoms with Gasteiger partial charge in [-0.2, -0.15) is 5.26 Å². The first-order valence-corrected chi connectivity index (χ1v) is 9.68. The van der Waals surface area contributed by atoms with Gasteiger partial charge in [-0.05, 0) is 42.9 Å². The molecule has 0 bridgehead atoms. The number of hydrogen-bond donors (Lipinski definition) is 0. The molecule has 2 unspecified atom stereocenters. The third-order valence-electron chi connectivity index (χ3n) is 4.99. The molecule has 1 aromatic carbocycles. The molecule has 2 aliphatic rings. The van der Waals surface area contributed by atoms with Gasteiger partial charge in [0, 0.05) is 25.1 Å². The van der Waals surface area contributed by atoms with Crippen molar-refractivity contribution in [1.29, 1.82) is 5.26 Å². The van der Waals surface area contributed by atoms with Crippen LogP contribution in [0.15, 0.2) is 48.8 Å². The fourth-order valence-corrected chi connectivity index (χ4v) is 3.29. The van der Waals surface area contributed by atoms with Gasteiger partial charge in [-0.25, -0.2) is 18.7 Å². The van der Waals surface area contributed by atoms with Gasteiger partial charge in [0.2, 0.25) is 11.8 Å². The maximum absolute atomic E-state index is 12.1. The largest absolute Gasteiger partial charge is 0.472 e. The van der Waals surface area contributed by atoms with Crippen molar-refractivity contribution in [3.63, 3.8) is 0 Å². The average molecular weight is 412 g/mol. The Balaban J connectivity index is 0.000000269. The number of piperidine rings is 1. The first-order valence-electron chi connectivity index (χ1n) is 9.68. The zero-order chi connectivity index (χ0) is 21.5. The van der Waals surface area contributed by atoms with E-state index in [1.54, 1.807) is 0 Å². The van der Waals surface area contributed by atoms with Gasteiger partial charge in [-0.15, -0.1) is 0 Å². The zero-order valence-electron chi connectivity index (χ0n) is 16.4. The lowest BCUT2D eigenvalue weighted by molar-refractivity contribution is -0.131. The van der Waals surface area contributed by atoms with Gasteiger partial charge in [-0.1, -0.05) is 12.6 Å². The van der Waals surface area contributed by atoms with Crippen LogP contribution in [-0.2, 0) is 4.79 Å². The SMILES string of the molecule is C=C(CCC(=O)N1CCC2CC21)COc1cnc(C#N)cn1.Fc1cccc(F)c1. The van der Waals surface area contributed by atoms with Crippen molar-refractivity contribution in [3.05, 3.63) is 66.1 Å². The molecule has 6 nitrogen and oxygen atoms in total. The molecule has 1 aliphatic heterocycles. The van der Waals surface area contributed by atoms with E-state index in [0.29, 0.717) is 31.4 Å².